The number of aliphatic carboxylic acids is 1. The molecule has 2 heterocycles. The fourth-order valence-electron chi connectivity index (χ4n) is 3.14. The van der Waals surface area contributed by atoms with Crippen LogP contribution >= 0.6 is 0 Å². The number of furan rings is 1. The second kappa shape index (κ2) is 7.11. The first-order chi connectivity index (χ1) is 12.4. The second-order valence-electron chi connectivity index (χ2n) is 6.37. The largest absolute Gasteiger partial charge is 0.496 e. The molecule has 2 aromatic rings. The van der Waals surface area contributed by atoms with E-state index in [9.17, 15) is 9.59 Å². The third-order valence-corrected chi connectivity index (χ3v) is 4.33. The number of nitrogens with one attached hydrogen (secondary N) is 1. The van der Waals surface area contributed by atoms with Gasteiger partial charge in [0.25, 0.3) is 5.91 Å². The van der Waals surface area contributed by atoms with Crippen molar-refractivity contribution in [2.45, 2.75) is 39.3 Å². The minimum absolute atomic E-state index is 0.117. The maximum atomic E-state index is 12.6. The number of ether oxygens (including phenoxy) is 2. The van der Waals surface area contributed by atoms with Crippen molar-refractivity contribution in [2.75, 3.05) is 7.11 Å². The Balaban J connectivity index is 1.78. The monoisotopic (exact) mass is 359 g/mol. The van der Waals surface area contributed by atoms with Crippen LogP contribution in [0.5, 0.6) is 11.5 Å². The molecule has 1 amide bonds. The van der Waals surface area contributed by atoms with E-state index in [2.05, 4.69) is 5.32 Å². The van der Waals surface area contributed by atoms with Gasteiger partial charge in [-0.15, -0.1) is 0 Å². The summed E-state index contributed by atoms with van der Waals surface area (Å²) in [5, 5.41) is 11.8. The van der Waals surface area contributed by atoms with Crippen molar-refractivity contribution >= 4 is 11.9 Å². The van der Waals surface area contributed by atoms with Gasteiger partial charge in [0.05, 0.1) is 18.9 Å². The maximum absolute atomic E-state index is 12.6. The zero-order valence-corrected chi connectivity index (χ0v) is 14.9. The molecule has 0 saturated heterocycles. The number of amides is 1. The number of carbonyl (C=O) groups is 2. The summed E-state index contributed by atoms with van der Waals surface area (Å²) in [5.41, 5.74) is 2.72. The number of carboxylic acid groups (broad SMARTS) is 1. The first-order valence-corrected chi connectivity index (χ1v) is 8.32. The molecule has 1 aliphatic heterocycles. The predicted molar refractivity (Wildman–Crippen MR) is 92.7 cm³/mol. The van der Waals surface area contributed by atoms with Crippen LogP contribution in [0.15, 0.2) is 22.8 Å². The van der Waals surface area contributed by atoms with E-state index in [1.807, 2.05) is 19.1 Å². The molecule has 2 N–H and O–H groups in total. The minimum Gasteiger partial charge on any atom is -0.496 e. The molecule has 1 unspecified atom stereocenters. The van der Waals surface area contributed by atoms with Crippen LogP contribution in [-0.2, 0) is 24.2 Å². The van der Waals surface area contributed by atoms with Gasteiger partial charge in [-0.05, 0) is 26.0 Å². The van der Waals surface area contributed by atoms with Crippen LogP contribution in [0, 0.1) is 6.92 Å². The molecule has 0 bridgehead atoms. The van der Waals surface area contributed by atoms with Crippen LogP contribution in [0.1, 0.15) is 39.7 Å². The highest BCUT2D eigenvalue weighted by Gasteiger charge is 2.23. The summed E-state index contributed by atoms with van der Waals surface area (Å²) in [7, 11) is 1.58. The first-order valence-electron chi connectivity index (χ1n) is 8.32. The predicted octanol–water partition coefficient (Wildman–Crippen LogP) is 2.48. The number of benzene rings is 1. The minimum atomic E-state index is -1.06. The van der Waals surface area contributed by atoms with Gasteiger partial charge in [-0.2, -0.15) is 0 Å². The quantitative estimate of drug-likeness (QED) is 0.822. The van der Waals surface area contributed by atoms with Crippen LogP contribution in [0.4, 0.5) is 0 Å². The van der Waals surface area contributed by atoms with Crippen LogP contribution in [0.3, 0.4) is 0 Å². The molecule has 3 rings (SSSR count). The van der Waals surface area contributed by atoms with E-state index in [0.717, 1.165) is 23.3 Å². The summed E-state index contributed by atoms with van der Waals surface area (Å²) in [6, 6.07) is 3.80. The number of carboxylic acids is 1. The first kappa shape index (κ1) is 17.8. The molecule has 0 spiro atoms. The van der Waals surface area contributed by atoms with Gasteiger partial charge in [-0.1, -0.05) is 0 Å². The molecule has 0 radical (unpaired) electrons. The summed E-state index contributed by atoms with van der Waals surface area (Å²) >= 11 is 0. The zero-order chi connectivity index (χ0) is 18.8. The van der Waals surface area contributed by atoms with Gasteiger partial charge in [-0.25, -0.2) is 0 Å². The third kappa shape index (κ3) is 3.51. The fraction of sp³-hybridized carbons (Fsp3) is 0.368. The molecule has 0 saturated carbocycles. The topological polar surface area (TPSA) is 98.0 Å². The highest BCUT2D eigenvalue weighted by molar-refractivity contribution is 5.97. The molecule has 7 nitrogen and oxygen atoms in total. The Hall–Kier alpha value is -2.96. The van der Waals surface area contributed by atoms with Gasteiger partial charge in [0.1, 0.15) is 29.8 Å². The number of methoxy groups -OCH3 is 1. The van der Waals surface area contributed by atoms with Crippen LogP contribution in [-0.4, -0.2) is 30.2 Å². The summed E-state index contributed by atoms with van der Waals surface area (Å²) < 4.78 is 16.4. The van der Waals surface area contributed by atoms with E-state index in [1.54, 1.807) is 14.0 Å². The number of fused-ring (bicyclic) bond motifs is 1. The summed E-state index contributed by atoms with van der Waals surface area (Å²) in [4.78, 5) is 23.5. The van der Waals surface area contributed by atoms with Crippen LogP contribution < -0.4 is 14.8 Å². The van der Waals surface area contributed by atoms with Crippen molar-refractivity contribution in [1.82, 2.24) is 5.32 Å². The molecule has 7 heteroatoms. The number of hydrogen-bond donors (Lipinski definition) is 2. The van der Waals surface area contributed by atoms with Gasteiger partial charge >= 0.3 is 5.97 Å². The molecule has 1 aromatic heterocycles. The number of aryl methyl sites for hydroxylation is 1. The summed E-state index contributed by atoms with van der Waals surface area (Å²) in [5.74, 6) is 0.180. The summed E-state index contributed by atoms with van der Waals surface area (Å²) in [6.07, 6.45) is 1.99. The zero-order valence-electron chi connectivity index (χ0n) is 14.9. The second-order valence-corrected chi connectivity index (χ2v) is 6.37. The van der Waals surface area contributed by atoms with Crippen molar-refractivity contribution in [1.29, 1.82) is 0 Å². The lowest BCUT2D eigenvalue weighted by atomic mass is 10.1. The molecule has 1 atom stereocenters. The third-order valence-electron chi connectivity index (χ3n) is 4.33. The van der Waals surface area contributed by atoms with Crippen molar-refractivity contribution < 1.29 is 28.6 Å². The number of hydrogen-bond acceptors (Lipinski definition) is 5. The van der Waals surface area contributed by atoms with E-state index in [4.69, 9.17) is 19.0 Å². The standard InChI is InChI=1S/C19H21NO6/c1-10-9-25-16(7-17(21)22)18(10)19(23)20-8-13-6-15-12(4-11(2)26-15)5-14(13)24-3/h5-6,9,11H,4,7-8H2,1-3H3,(H,20,23)(H,21,22). The number of rotatable bonds is 6. The Bertz CT molecular complexity index is 854. The van der Waals surface area contributed by atoms with Crippen molar-refractivity contribution in [3.8, 4) is 11.5 Å². The molecule has 0 fully saturated rings. The van der Waals surface area contributed by atoms with Gasteiger partial charge in [0.15, 0.2) is 0 Å². The molecule has 1 aromatic carbocycles. The Morgan fingerprint density at radius 1 is 1.38 bits per heavy atom. The highest BCUT2D eigenvalue weighted by Crippen LogP contribution is 2.35. The molecular weight excluding hydrogens is 338 g/mol. The number of carbonyl (C=O) groups excluding carboxylic acids is 1. The van der Waals surface area contributed by atoms with Gasteiger partial charge in [0, 0.05) is 29.7 Å². The fourth-order valence-corrected chi connectivity index (χ4v) is 3.14. The smallest absolute Gasteiger partial charge is 0.311 e. The lowest BCUT2D eigenvalue weighted by Crippen LogP contribution is -2.24. The van der Waals surface area contributed by atoms with E-state index >= 15 is 0 Å². The highest BCUT2D eigenvalue weighted by atomic mass is 16.5. The Kier molecular flexibility index (Phi) is 4.88. The average molecular weight is 359 g/mol. The maximum Gasteiger partial charge on any atom is 0.311 e. The Labute approximate surface area is 150 Å². The molecule has 1 aliphatic rings. The van der Waals surface area contributed by atoms with Crippen molar-refractivity contribution in [3.63, 3.8) is 0 Å². The van der Waals surface area contributed by atoms with Crippen LogP contribution in [0.25, 0.3) is 0 Å². The lowest BCUT2D eigenvalue weighted by molar-refractivity contribution is -0.136. The normalized spacial score (nSPS) is 15.3. The lowest BCUT2D eigenvalue weighted by Gasteiger charge is -2.12. The van der Waals surface area contributed by atoms with E-state index in [1.165, 1.54) is 6.26 Å². The molecule has 138 valence electrons. The Morgan fingerprint density at radius 3 is 2.85 bits per heavy atom. The Morgan fingerprint density at radius 2 is 2.15 bits per heavy atom. The van der Waals surface area contributed by atoms with Crippen molar-refractivity contribution in [3.05, 3.63) is 46.4 Å². The van der Waals surface area contributed by atoms with Gasteiger partial charge in [0.2, 0.25) is 0 Å². The van der Waals surface area contributed by atoms with E-state index in [0.29, 0.717) is 11.3 Å². The van der Waals surface area contributed by atoms with E-state index in [-0.39, 0.29) is 36.3 Å². The summed E-state index contributed by atoms with van der Waals surface area (Å²) in [6.45, 7) is 3.93. The molecule has 0 aliphatic carbocycles. The van der Waals surface area contributed by atoms with E-state index < -0.39 is 5.97 Å². The van der Waals surface area contributed by atoms with Gasteiger partial charge < -0.3 is 24.3 Å². The molecular formula is C19H21NO6. The van der Waals surface area contributed by atoms with Crippen molar-refractivity contribution in [2.24, 2.45) is 0 Å². The SMILES string of the molecule is COc1cc2c(cc1CNC(=O)c1c(C)coc1CC(=O)O)OC(C)C2. The van der Waals surface area contributed by atoms with Gasteiger partial charge in [-0.3, -0.25) is 9.59 Å². The average Bonchev–Trinajstić information content (AvgIpc) is 3.12. The molecule has 26 heavy (non-hydrogen) atoms. The van der Waals surface area contributed by atoms with Crippen LogP contribution in [0.2, 0.25) is 0 Å².